The first kappa shape index (κ1) is 15.7. The predicted octanol–water partition coefficient (Wildman–Crippen LogP) is 4.31. The summed E-state index contributed by atoms with van der Waals surface area (Å²) in [7, 11) is 0. The Bertz CT molecular complexity index is 379. The van der Waals surface area contributed by atoms with Crippen LogP contribution in [0.3, 0.4) is 0 Å². The molecule has 0 heterocycles. The molecule has 1 aromatic carbocycles. The van der Waals surface area contributed by atoms with Gasteiger partial charge in [0.2, 0.25) is 0 Å². The van der Waals surface area contributed by atoms with Crippen LogP contribution < -0.4 is 5.32 Å². The van der Waals surface area contributed by atoms with Crippen molar-refractivity contribution in [3.05, 3.63) is 35.6 Å². The van der Waals surface area contributed by atoms with Gasteiger partial charge in [0.25, 0.3) is 5.91 Å². The van der Waals surface area contributed by atoms with E-state index in [4.69, 9.17) is 0 Å². The van der Waals surface area contributed by atoms with Crippen molar-refractivity contribution in [2.45, 2.75) is 51.9 Å². The molecule has 0 unspecified atom stereocenters. The van der Waals surface area contributed by atoms with Crippen molar-refractivity contribution in [1.29, 1.82) is 0 Å². The van der Waals surface area contributed by atoms with E-state index >= 15 is 0 Å². The molecule has 0 aliphatic carbocycles. The topological polar surface area (TPSA) is 29.1 Å². The molecular weight excluding hydrogens is 241 g/mol. The van der Waals surface area contributed by atoms with Crippen LogP contribution in [0.4, 0.5) is 4.39 Å². The molecule has 0 bridgehead atoms. The van der Waals surface area contributed by atoms with Gasteiger partial charge in [-0.2, -0.15) is 0 Å². The van der Waals surface area contributed by atoms with Crippen LogP contribution in [-0.2, 0) is 0 Å². The lowest BCUT2D eigenvalue weighted by atomic mass is 10.1. The zero-order valence-corrected chi connectivity index (χ0v) is 11.8. The largest absolute Gasteiger partial charge is 0.352 e. The molecule has 0 radical (unpaired) electrons. The fraction of sp³-hybridized carbons (Fsp3) is 0.562. The maximum absolute atomic E-state index is 12.9. The molecule has 1 rings (SSSR count). The summed E-state index contributed by atoms with van der Waals surface area (Å²) in [6.07, 6.45) is 8.55. The monoisotopic (exact) mass is 265 g/mol. The summed E-state index contributed by atoms with van der Waals surface area (Å²) in [6, 6.07) is 5.79. The molecule has 2 nitrogen and oxygen atoms in total. The number of hydrogen-bond acceptors (Lipinski definition) is 1. The fourth-order valence-corrected chi connectivity index (χ4v) is 2.02. The molecule has 0 aliphatic rings. The van der Waals surface area contributed by atoms with Gasteiger partial charge in [-0.05, 0) is 24.6 Å². The van der Waals surface area contributed by atoms with E-state index in [2.05, 4.69) is 12.2 Å². The molecule has 0 fully saturated rings. The summed E-state index contributed by atoms with van der Waals surface area (Å²) < 4.78 is 12.9. The standard InChI is InChI=1S/C16H24FNO/c1-2-3-4-5-6-7-8-12-18-16(19)14-10-9-11-15(17)13-14/h9-11,13H,2-8,12H2,1H3,(H,18,19). The Hall–Kier alpha value is -1.38. The number of halogens is 1. The van der Waals surface area contributed by atoms with Crippen LogP contribution in [0.25, 0.3) is 0 Å². The third-order valence-electron chi connectivity index (χ3n) is 3.15. The lowest BCUT2D eigenvalue weighted by Crippen LogP contribution is -2.24. The van der Waals surface area contributed by atoms with Crippen LogP contribution in [0.15, 0.2) is 24.3 Å². The summed E-state index contributed by atoms with van der Waals surface area (Å²) >= 11 is 0. The zero-order chi connectivity index (χ0) is 13.9. The Morgan fingerprint density at radius 3 is 2.47 bits per heavy atom. The number of nitrogens with one attached hydrogen (secondary N) is 1. The van der Waals surface area contributed by atoms with Gasteiger partial charge in [0.15, 0.2) is 0 Å². The van der Waals surface area contributed by atoms with E-state index in [1.165, 1.54) is 44.2 Å². The number of carbonyl (C=O) groups is 1. The normalized spacial score (nSPS) is 10.4. The fourth-order valence-electron chi connectivity index (χ4n) is 2.02. The number of unbranched alkanes of at least 4 members (excludes halogenated alkanes) is 6. The highest BCUT2D eigenvalue weighted by Gasteiger charge is 2.04. The third kappa shape index (κ3) is 6.94. The molecule has 0 spiro atoms. The van der Waals surface area contributed by atoms with Gasteiger partial charge in [-0.3, -0.25) is 4.79 Å². The molecule has 0 atom stereocenters. The van der Waals surface area contributed by atoms with E-state index in [1.807, 2.05) is 0 Å². The van der Waals surface area contributed by atoms with Crippen molar-refractivity contribution in [2.24, 2.45) is 0 Å². The van der Waals surface area contributed by atoms with E-state index in [0.29, 0.717) is 12.1 Å². The molecular formula is C16H24FNO. The van der Waals surface area contributed by atoms with Crippen LogP contribution in [-0.4, -0.2) is 12.5 Å². The van der Waals surface area contributed by atoms with E-state index < -0.39 is 0 Å². The maximum atomic E-state index is 12.9. The highest BCUT2D eigenvalue weighted by atomic mass is 19.1. The van der Waals surface area contributed by atoms with E-state index in [-0.39, 0.29) is 11.7 Å². The third-order valence-corrected chi connectivity index (χ3v) is 3.15. The second-order valence-electron chi connectivity index (χ2n) is 4.89. The smallest absolute Gasteiger partial charge is 0.251 e. The van der Waals surface area contributed by atoms with Gasteiger partial charge in [-0.25, -0.2) is 4.39 Å². The van der Waals surface area contributed by atoms with Crippen molar-refractivity contribution in [3.8, 4) is 0 Å². The van der Waals surface area contributed by atoms with Crippen LogP contribution in [0.2, 0.25) is 0 Å². The number of rotatable bonds is 9. The predicted molar refractivity (Wildman–Crippen MR) is 76.7 cm³/mol. The first-order chi connectivity index (χ1) is 9.24. The van der Waals surface area contributed by atoms with Crippen molar-refractivity contribution in [1.82, 2.24) is 5.32 Å². The average Bonchev–Trinajstić information content (AvgIpc) is 2.41. The Labute approximate surface area is 115 Å². The Morgan fingerprint density at radius 1 is 1.11 bits per heavy atom. The SMILES string of the molecule is CCCCCCCCCNC(=O)c1cccc(F)c1. The van der Waals surface area contributed by atoms with Gasteiger partial charge in [0.1, 0.15) is 5.82 Å². The molecule has 3 heteroatoms. The van der Waals surface area contributed by atoms with Crippen LogP contribution >= 0.6 is 0 Å². The number of amides is 1. The highest BCUT2D eigenvalue weighted by Crippen LogP contribution is 2.07. The number of hydrogen-bond donors (Lipinski definition) is 1. The quantitative estimate of drug-likeness (QED) is 0.662. The molecule has 1 amide bonds. The van der Waals surface area contributed by atoms with E-state index in [1.54, 1.807) is 12.1 Å². The van der Waals surface area contributed by atoms with E-state index in [0.717, 1.165) is 12.8 Å². The van der Waals surface area contributed by atoms with Gasteiger partial charge < -0.3 is 5.32 Å². The first-order valence-corrected chi connectivity index (χ1v) is 7.28. The van der Waals surface area contributed by atoms with Crippen molar-refractivity contribution in [2.75, 3.05) is 6.54 Å². The summed E-state index contributed by atoms with van der Waals surface area (Å²) in [5.74, 6) is -0.561. The van der Waals surface area contributed by atoms with E-state index in [9.17, 15) is 9.18 Å². The average molecular weight is 265 g/mol. The molecule has 1 aromatic rings. The first-order valence-electron chi connectivity index (χ1n) is 7.28. The second kappa shape index (κ2) is 9.54. The lowest BCUT2D eigenvalue weighted by Gasteiger charge is -2.05. The van der Waals surface area contributed by atoms with Gasteiger partial charge in [-0.15, -0.1) is 0 Å². The number of carbonyl (C=O) groups excluding carboxylic acids is 1. The molecule has 0 aromatic heterocycles. The second-order valence-corrected chi connectivity index (χ2v) is 4.89. The van der Waals surface area contributed by atoms with Crippen LogP contribution in [0.5, 0.6) is 0 Å². The Morgan fingerprint density at radius 2 is 1.79 bits per heavy atom. The van der Waals surface area contributed by atoms with Crippen LogP contribution in [0, 0.1) is 5.82 Å². The van der Waals surface area contributed by atoms with Gasteiger partial charge in [0, 0.05) is 12.1 Å². The van der Waals surface area contributed by atoms with Crippen LogP contribution in [0.1, 0.15) is 62.2 Å². The summed E-state index contributed by atoms with van der Waals surface area (Å²) in [4.78, 5) is 11.7. The van der Waals surface area contributed by atoms with Gasteiger partial charge in [-0.1, -0.05) is 51.5 Å². The minimum absolute atomic E-state index is 0.189. The van der Waals surface area contributed by atoms with Crippen molar-refractivity contribution < 1.29 is 9.18 Å². The summed E-state index contributed by atoms with van der Waals surface area (Å²) in [6.45, 7) is 2.88. The van der Waals surface area contributed by atoms with Crippen molar-refractivity contribution in [3.63, 3.8) is 0 Å². The molecule has 1 N–H and O–H groups in total. The molecule has 0 saturated carbocycles. The molecule has 19 heavy (non-hydrogen) atoms. The Kier molecular flexibility index (Phi) is 7.87. The minimum atomic E-state index is -0.372. The van der Waals surface area contributed by atoms with Gasteiger partial charge >= 0.3 is 0 Å². The molecule has 106 valence electrons. The molecule has 0 saturated heterocycles. The summed E-state index contributed by atoms with van der Waals surface area (Å²) in [5, 5.41) is 2.82. The zero-order valence-electron chi connectivity index (χ0n) is 11.8. The number of benzene rings is 1. The highest BCUT2D eigenvalue weighted by molar-refractivity contribution is 5.94. The lowest BCUT2D eigenvalue weighted by molar-refractivity contribution is 0.0952. The van der Waals surface area contributed by atoms with Crippen molar-refractivity contribution >= 4 is 5.91 Å². The molecule has 0 aliphatic heterocycles. The van der Waals surface area contributed by atoms with Gasteiger partial charge in [0.05, 0.1) is 0 Å². The minimum Gasteiger partial charge on any atom is -0.352 e. The maximum Gasteiger partial charge on any atom is 0.251 e. The Balaban J connectivity index is 2.08. The summed E-state index contributed by atoms with van der Waals surface area (Å²) in [5.41, 5.74) is 0.392.